The number of hydrogen-bond donors (Lipinski definition) is 5. The van der Waals surface area contributed by atoms with Gasteiger partial charge in [0.2, 0.25) is 5.91 Å². The highest BCUT2D eigenvalue weighted by Gasteiger charge is 2.28. The van der Waals surface area contributed by atoms with Gasteiger partial charge >= 0.3 is 0 Å². The molecule has 1 amide bonds. The predicted octanol–water partition coefficient (Wildman–Crippen LogP) is 14.9. The second kappa shape index (κ2) is 48.6. The lowest BCUT2D eigenvalue weighted by atomic mass is 10.00. The molecule has 0 spiro atoms. The molecule has 0 rings (SSSR count). The third-order valence-corrected chi connectivity index (χ3v) is 12.3. The summed E-state index contributed by atoms with van der Waals surface area (Å²) < 4.78 is 0. The minimum absolute atomic E-state index is 0.329. The Hall–Kier alpha value is -1.47. The number of aliphatic hydroxyl groups is 4. The lowest BCUT2D eigenvalue weighted by molar-refractivity contribution is -0.132. The van der Waals surface area contributed by atoms with Crippen LogP contribution in [-0.4, -0.2) is 57.3 Å². The Bertz CT molecular complexity index is 950. The molecule has 4 unspecified atom stereocenters. The quantitative estimate of drug-likeness (QED) is 0.0309. The molecule has 354 valence electrons. The second-order valence-corrected chi connectivity index (χ2v) is 18.2. The van der Waals surface area contributed by atoms with Crippen LogP contribution < -0.4 is 5.32 Å². The summed E-state index contributed by atoms with van der Waals surface area (Å²) in [5, 5.41) is 43.7. The molecule has 6 nitrogen and oxygen atoms in total. The predicted molar refractivity (Wildman–Crippen MR) is 260 cm³/mol. The first-order chi connectivity index (χ1) is 29.5. The Morgan fingerprint density at radius 2 is 0.700 bits per heavy atom. The van der Waals surface area contributed by atoms with Crippen molar-refractivity contribution >= 4 is 5.91 Å². The molecule has 0 aliphatic carbocycles. The first-order valence-electron chi connectivity index (χ1n) is 26.4. The zero-order valence-corrected chi connectivity index (χ0v) is 40.0. The standard InChI is InChI=1S/C54H103NO5/c1-3-5-7-9-11-13-15-17-18-19-20-21-22-23-24-25-26-27-28-29-30-31-32-33-34-35-36-38-39-41-43-45-47-51(57)53(59)50(49-56)55-54(60)52(58)48-46-44-42-40-37-16-14-12-10-8-6-4-2/h34-35,37,39-41,50-53,56-59H,3-33,36,38,42-49H2,1-2H3,(H,55,60)/b35-34+,40-37-,41-39+. The van der Waals surface area contributed by atoms with Gasteiger partial charge in [-0.25, -0.2) is 0 Å². The van der Waals surface area contributed by atoms with Crippen molar-refractivity contribution in [2.75, 3.05) is 6.61 Å². The number of carbonyl (C=O) groups excluding carboxylic acids is 1. The first-order valence-corrected chi connectivity index (χ1v) is 26.4. The van der Waals surface area contributed by atoms with Gasteiger partial charge in [-0.05, 0) is 77.0 Å². The molecular formula is C54H103NO5. The summed E-state index contributed by atoms with van der Waals surface area (Å²) in [4.78, 5) is 12.5. The number of amides is 1. The van der Waals surface area contributed by atoms with Crippen molar-refractivity contribution in [2.24, 2.45) is 0 Å². The van der Waals surface area contributed by atoms with Crippen molar-refractivity contribution in [2.45, 2.75) is 295 Å². The number of aliphatic hydroxyl groups excluding tert-OH is 4. The van der Waals surface area contributed by atoms with E-state index in [1.807, 2.05) is 0 Å². The number of hydrogen-bond acceptors (Lipinski definition) is 5. The summed E-state index contributed by atoms with van der Waals surface area (Å²) in [6.07, 6.45) is 59.5. The first kappa shape index (κ1) is 58.5. The Kier molecular flexibility index (Phi) is 47.4. The van der Waals surface area contributed by atoms with Crippen LogP contribution in [0.1, 0.15) is 271 Å². The smallest absolute Gasteiger partial charge is 0.249 e. The van der Waals surface area contributed by atoms with Gasteiger partial charge in [-0.1, -0.05) is 230 Å². The number of rotatable bonds is 48. The van der Waals surface area contributed by atoms with Crippen molar-refractivity contribution in [1.82, 2.24) is 5.32 Å². The van der Waals surface area contributed by atoms with Gasteiger partial charge in [0.25, 0.3) is 0 Å². The molecule has 6 heteroatoms. The van der Waals surface area contributed by atoms with E-state index < -0.39 is 36.9 Å². The van der Waals surface area contributed by atoms with Crippen molar-refractivity contribution in [3.8, 4) is 0 Å². The van der Waals surface area contributed by atoms with Crippen molar-refractivity contribution in [1.29, 1.82) is 0 Å². The highest BCUT2D eigenvalue weighted by atomic mass is 16.3. The maximum atomic E-state index is 12.5. The van der Waals surface area contributed by atoms with Gasteiger partial charge < -0.3 is 25.7 Å². The van der Waals surface area contributed by atoms with E-state index in [9.17, 15) is 25.2 Å². The molecule has 0 aliphatic heterocycles. The van der Waals surface area contributed by atoms with Crippen molar-refractivity contribution in [3.05, 3.63) is 36.5 Å². The average molecular weight is 846 g/mol. The van der Waals surface area contributed by atoms with Crippen molar-refractivity contribution < 1.29 is 25.2 Å². The normalized spacial score (nSPS) is 14.2. The Labute approximate surface area is 373 Å². The molecular weight excluding hydrogens is 743 g/mol. The number of allylic oxidation sites excluding steroid dienone is 6. The molecule has 0 aliphatic rings. The lowest BCUT2D eigenvalue weighted by Gasteiger charge is -2.27. The van der Waals surface area contributed by atoms with E-state index in [1.165, 1.54) is 193 Å². The summed E-state index contributed by atoms with van der Waals surface area (Å²) >= 11 is 0. The summed E-state index contributed by atoms with van der Waals surface area (Å²) in [7, 11) is 0. The van der Waals surface area contributed by atoms with Crippen LogP contribution in [-0.2, 0) is 4.79 Å². The van der Waals surface area contributed by atoms with Crippen LogP contribution in [0.4, 0.5) is 0 Å². The van der Waals surface area contributed by atoms with E-state index in [4.69, 9.17) is 0 Å². The Morgan fingerprint density at radius 3 is 1.05 bits per heavy atom. The van der Waals surface area contributed by atoms with Crippen LogP contribution >= 0.6 is 0 Å². The molecule has 60 heavy (non-hydrogen) atoms. The molecule has 0 saturated carbocycles. The van der Waals surface area contributed by atoms with E-state index in [0.717, 1.165) is 38.5 Å². The van der Waals surface area contributed by atoms with Crippen LogP contribution in [0, 0.1) is 0 Å². The fourth-order valence-corrected chi connectivity index (χ4v) is 8.12. The molecule has 0 heterocycles. The lowest BCUT2D eigenvalue weighted by Crippen LogP contribution is -2.53. The van der Waals surface area contributed by atoms with Gasteiger partial charge in [0, 0.05) is 0 Å². The Balaban J connectivity index is 3.64. The largest absolute Gasteiger partial charge is 0.394 e. The van der Waals surface area contributed by atoms with Crippen molar-refractivity contribution in [3.63, 3.8) is 0 Å². The number of nitrogens with one attached hydrogen (secondary N) is 1. The molecule has 0 bridgehead atoms. The third kappa shape index (κ3) is 41.9. The van der Waals surface area contributed by atoms with Gasteiger partial charge in [0.15, 0.2) is 0 Å². The molecule has 0 fully saturated rings. The van der Waals surface area contributed by atoms with Crippen LogP contribution in [0.15, 0.2) is 36.5 Å². The summed E-state index contributed by atoms with van der Waals surface area (Å²) in [6.45, 7) is 4.03. The average Bonchev–Trinajstić information content (AvgIpc) is 3.25. The highest BCUT2D eigenvalue weighted by Crippen LogP contribution is 2.17. The van der Waals surface area contributed by atoms with Gasteiger partial charge in [-0.2, -0.15) is 0 Å². The fraction of sp³-hybridized carbons (Fsp3) is 0.870. The van der Waals surface area contributed by atoms with E-state index in [-0.39, 0.29) is 0 Å². The van der Waals surface area contributed by atoms with E-state index >= 15 is 0 Å². The molecule has 5 N–H and O–H groups in total. The van der Waals surface area contributed by atoms with Gasteiger partial charge in [0.1, 0.15) is 12.2 Å². The minimum atomic E-state index is -1.30. The molecule has 0 saturated heterocycles. The number of carbonyl (C=O) groups is 1. The Morgan fingerprint density at radius 1 is 0.400 bits per heavy atom. The fourth-order valence-electron chi connectivity index (χ4n) is 8.12. The zero-order chi connectivity index (χ0) is 43.8. The summed E-state index contributed by atoms with van der Waals surface area (Å²) in [5.41, 5.74) is 0. The molecule has 0 aromatic rings. The SMILES string of the molecule is CCCCCCCC/C=C\CCCCC(O)C(=O)NC(CO)C(O)C(O)CCC/C=C/CC/C=C/CCCCCCCCCCCCCCCCCCCCCCCCC. The second-order valence-electron chi connectivity index (χ2n) is 18.2. The van der Waals surface area contributed by atoms with Gasteiger partial charge in [0.05, 0.1) is 18.8 Å². The summed E-state index contributed by atoms with van der Waals surface area (Å²) in [5.74, 6) is -0.614. The minimum Gasteiger partial charge on any atom is -0.394 e. The van der Waals surface area contributed by atoms with E-state index in [2.05, 4.69) is 55.6 Å². The van der Waals surface area contributed by atoms with Crippen LogP contribution in [0.25, 0.3) is 0 Å². The molecule has 4 atom stereocenters. The molecule has 0 aromatic heterocycles. The molecule has 0 aromatic carbocycles. The molecule has 0 radical (unpaired) electrons. The zero-order valence-electron chi connectivity index (χ0n) is 40.0. The summed E-state index contributed by atoms with van der Waals surface area (Å²) in [6, 6.07) is -1.02. The van der Waals surface area contributed by atoms with Crippen LogP contribution in [0.2, 0.25) is 0 Å². The van der Waals surface area contributed by atoms with Crippen LogP contribution in [0.5, 0.6) is 0 Å². The topological polar surface area (TPSA) is 110 Å². The number of unbranched alkanes of at least 4 members (excludes halogenated alkanes) is 33. The third-order valence-electron chi connectivity index (χ3n) is 12.3. The van der Waals surface area contributed by atoms with E-state index in [1.54, 1.807) is 0 Å². The maximum Gasteiger partial charge on any atom is 0.249 e. The van der Waals surface area contributed by atoms with Crippen LogP contribution in [0.3, 0.4) is 0 Å². The van der Waals surface area contributed by atoms with Gasteiger partial charge in [-0.3, -0.25) is 4.79 Å². The highest BCUT2D eigenvalue weighted by molar-refractivity contribution is 5.80. The maximum absolute atomic E-state index is 12.5. The van der Waals surface area contributed by atoms with E-state index in [0.29, 0.717) is 25.7 Å². The van der Waals surface area contributed by atoms with Gasteiger partial charge in [-0.15, -0.1) is 0 Å². The monoisotopic (exact) mass is 846 g/mol.